The van der Waals surface area contributed by atoms with Crippen molar-refractivity contribution in [2.24, 2.45) is 0 Å². The van der Waals surface area contributed by atoms with Crippen molar-refractivity contribution < 1.29 is 4.79 Å². The zero-order chi connectivity index (χ0) is 18.7. The fraction of sp³-hybridized carbons (Fsp3) is 0.444. The average Bonchev–Trinajstić information content (AvgIpc) is 2.58. The second-order valence-electron chi connectivity index (χ2n) is 6.69. The Morgan fingerprint density at radius 1 is 1.38 bits per heavy atom. The third-order valence-electron chi connectivity index (χ3n) is 4.62. The van der Waals surface area contributed by atoms with Crippen molar-refractivity contribution in [1.29, 1.82) is 0 Å². The first-order chi connectivity index (χ1) is 12.4. The predicted octanol–water partition coefficient (Wildman–Crippen LogP) is 1.26. The zero-order valence-corrected chi connectivity index (χ0v) is 15.0. The number of aryl methyl sites for hydroxylation is 1. The molecule has 1 unspecified atom stereocenters. The van der Waals surface area contributed by atoms with E-state index in [1.807, 2.05) is 13.0 Å². The lowest BCUT2D eigenvalue weighted by Gasteiger charge is -2.35. The van der Waals surface area contributed by atoms with Crippen LogP contribution in [-0.2, 0) is 11.3 Å². The number of carbonyl (C=O) groups is 1. The van der Waals surface area contributed by atoms with E-state index in [1.165, 1.54) is 18.7 Å². The van der Waals surface area contributed by atoms with E-state index >= 15 is 0 Å². The van der Waals surface area contributed by atoms with Crippen LogP contribution < -0.4 is 21.5 Å². The topological polar surface area (TPSA) is 100 Å². The van der Waals surface area contributed by atoms with E-state index in [0.717, 1.165) is 35.3 Å². The van der Waals surface area contributed by atoms with E-state index < -0.39 is 11.2 Å². The molecule has 0 aromatic carbocycles. The molecule has 0 saturated carbocycles. The second kappa shape index (κ2) is 7.55. The van der Waals surface area contributed by atoms with Gasteiger partial charge in [-0.2, -0.15) is 0 Å². The van der Waals surface area contributed by atoms with Gasteiger partial charge in [0.2, 0.25) is 5.91 Å². The van der Waals surface area contributed by atoms with E-state index in [1.54, 1.807) is 6.20 Å². The summed E-state index contributed by atoms with van der Waals surface area (Å²) in [5, 5.41) is 2.74. The number of amides is 1. The third kappa shape index (κ3) is 4.01. The number of rotatable bonds is 4. The molecule has 1 aliphatic rings. The molecular formula is C18H23N5O3. The molecule has 0 bridgehead atoms. The zero-order valence-electron chi connectivity index (χ0n) is 15.0. The molecule has 8 nitrogen and oxygen atoms in total. The number of piperidine rings is 1. The summed E-state index contributed by atoms with van der Waals surface area (Å²) in [5.74, 6) is 0.589. The minimum Gasteiger partial charge on any atom is -0.354 e. The second-order valence-corrected chi connectivity index (χ2v) is 6.69. The number of aromatic amines is 1. The maximum Gasteiger partial charge on any atom is 0.328 e. The number of anilines is 2. The van der Waals surface area contributed by atoms with Crippen molar-refractivity contribution in [3.05, 3.63) is 50.9 Å². The highest BCUT2D eigenvalue weighted by Gasteiger charge is 2.21. The number of nitrogens with one attached hydrogen (secondary N) is 2. The lowest BCUT2D eigenvalue weighted by Crippen LogP contribution is -2.38. The quantitative estimate of drug-likeness (QED) is 0.858. The molecule has 1 saturated heterocycles. The summed E-state index contributed by atoms with van der Waals surface area (Å²) in [4.78, 5) is 43.8. The molecule has 1 fully saturated rings. The number of hydrogen-bond acceptors (Lipinski definition) is 5. The largest absolute Gasteiger partial charge is 0.354 e. The number of hydrogen-bond donors (Lipinski definition) is 2. The van der Waals surface area contributed by atoms with Gasteiger partial charge >= 0.3 is 5.69 Å². The van der Waals surface area contributed by atoms with Gasteiger partial charge in [0.25, 0.3) is 5.56 Å². The number of pyridine rings is 1. The molecule has 3 rings (SSSR count). The molecule has 0 aliphatic carbocycles. The smallest absolute Gasteiger partial charge is 0.328 e. The highest BCUT2D eigenvalue weighted by atomic mass is 16.2. The third-order valence-corrected chi connectivity index (χ3v) is 4.62. The van der Waals surface area contributed by atoms with Crippen molar-refractivity contribution in [1.82, 2.24) is 14.5 Å². The number of carbonyl (C=O) groups excluding carboxylic acids is 1. The van der Waals surface area contributed by atoms with E-state index in [2.05, 4.69) is 27.1 Å². The first-order valence-corrected chi connectivity index (χ1v) is 8.77. The van der Waals surface area contributed by atoms with Gasteiger partial charge < -0.3 is 10.2 Å². The van der Waals surface area contributed by atoms with Gasteiger partial charge in [-0.15, -0.1) is 0 Å². The molecule has 26 heavy (non-hydrogen) atoms. The Hall–Kier alpha value is -2.90. The Morgan fingerprint density at radius 3 is 2.88 bits per heavy atom. The van der Waals surface area contributed by atoms with Crippen molar-refractivity contribution in [3.63, 3.8) is 0 Å². The van der Waals surface area contributed by atoms with Crippen LogP contribution in [0.4, 0.5) is 11.5 Å². The van der Waals surface area contributed by atoms with Crippen LogP contribution in [0.3, 0.4) is 0 Å². The fourth-order valence-corrected chi connectivity index (χ4v) is 3.27. The molecule has 2 aromatic rings. The van der Waals surface area contributed by atoms with Crippen LogP contribution in [-0.4, -0.2) is 33.0 Å². The molecular weight excluding hydrogens is 334 g/mol. The Balaban J connectivity index is 1.70. The molecule has 2 aromatic heterocycles. The van der Waals surface area contributed by atoms with Crippen molar-refractivity contribution in [2.45, 2.75) is 45.7 Å². The number of nitrogens with zero attached hydrogens (tertiary/aromatic N) is 3. The van der Waals surface area contributed by atoms with E-state index in [0.29, 0.717) is 11.7 Å². The number of H-pyrrole nitrogens is 1. The lowest BCUT2D eigenvalue weighted by molar-refractivity contribution is -0.116. The van der Waals surface area contributed by atoms with Crippen LogP contribution in [0.15, 0.2) is 34.1 Å². The summed E-state index contributed by atoms with van der Waals surface area (Å²) in [6.45, 7) is 5.00. The van der Waals surface area contributed by atoms with E-state index in [-0.39, 0.29) is 12.5 Å². The van der Waals surface area contributed by atoms with Crippen LogP contribution in [0.25, 0.3) is 0 Å². The van der Waals surface area contributed by atoms with Gasteiger partial charge in [-0.3, -0.25) is 19.1 Å². The van der Waals surface area contributed by atoms with E-state index in [9.17, 15) is 14.4 Å². The Labute approximate surface area is 150 Å². The first-order valence-electron chi connectivity index (χ1n) is 8.77. The predicted molar refractivity (Wildman–Crippen MR) is 99.6 cm³/mol. The maximum atomic E-state index is 12.2. The molecule has 2 N–H and O–H groups in total. The Kier molecular flexibility index (Phi) is 5.20. The Bertz CT molecular complexity index is 918. The summed E-state index contributed by atoms with van der Waals surface area (Å²) < 4.78 is 1.14. The molecule has 1 aliphatic heterocycles. The van der Waals surface area contributed by atoms with Crippen LogP contribution in [0.1, 0.15) is 31.7 Å². The molecule has 138 valence electrons. The van der Waals surface area contributed by atoms with Gasteiger partial charge in [-0.1, -0.05) is 0 Å². The van der Waals surface area contributed by atoms with Crippen molar-refractivity contribution in [3.8, 4) is 0 Å². The molecule has 8 heteroatoms. The molecule has 1 amide bonds. The molecule has 3 heterocycles. The lowest BCUT2D eigenvalue weighted by atomic mass is 10.0. The van der Waals surface area contributed by atoms with Crippen LogP contribution in [0.5, 0.6) is 0 Å². The van der Waals surface area contributed by atoms with Gasteiger partial charge in [0.05, 0.1) is 11.9 Å². The maximum absolute atomic E-state index is 12.2. The minimum absolute atomic E-state index is 0.181. The summed E-state index contributed by atoms with van der Waals surface area (Å²) in [6.07, 6.45) is 6.50. The Morgan fingerprint density at radius 2 is 2.19 bits per heavy atom. The summed E-state index contributed by atoms with van der Waals surface area (Å²) in [6, 6.07) is 3.55. The van der Waals surface area contributed by atoms with Gasteiger partial charge in [0, 0.05) is 24.8 Å². The average molecular weight is 357 g/mol. The molecule has 0 spiro atoms. The first kappa shape index (κ1) is 17.9. The standard InChI is InChI=1S/C18H23N5O3/c1-12-9-14(10-19-17(12)23-7-4-3-5-13(23)2)20-16(25)11-22-8-6-15(24)21-18(22)26/h6,8-10,13H,3-5,7,11H2,1-2H3,(H,20,25)(H,21,24,26). The highest BCUT2D eigenvalue weighted by molar-refractivity contribution is 5.90. The summed E-state index contributed by atoms with van der Waals surface area (Å²) >= 11 is 0. The van der Waals surface area contributed by atoms with Gasteiger partial charge in [-0.25, -0.2) is 9.78 Å². The van der Waals surface area contributed by atoms with Crippen LogP contribution in [0.2, 0.25) is 0 Å². The SMILES string of the molecule is Cc1cc(NC(=O)Cn2ccc(=O)[nH]c2=O)cnc1N1CCCCC1C. The van der Waals surface area contributed by atoms with Gasteiger partial charge in [0.15, 0.2) is 0 Å². The molecule has 1 atom stereocenters. The summed E-state index contributed by atoms with van der Waals surface area (Å²) in [7, 11) is 0. The normalized spacial score (nSPS) is 17.2. The summed E-state index contributed by atoms with van der Waals surface area (Å²) in [5.41, 5.74) is 0.474. The number of aromatic nitrogens is 3. The van der Waals surface area contributed by atoms with Crippen LogP contribution >= 0.6 is 0 Å². The van der Waals surface area contributed by atoms with Crippen molar-refractivity contribution in [2.75, 3.05) is 16.8 Å². The minimum atomic E-state index is -0.614. The van der Waals surface area contributed by atoms with Crippen molar-refractivity contribution >= 4 is 17.4 Å². The van der Waals surface area contributed by atoms with Gasteiger partial charge in [0.1, 0.15) is 12.4 Å². The van der Waals surface area contributed by atoms with Gasteiger partial charge in [-0.05, 0) is 44.7 Å². The highest BCUT2D eigenvalue weighted by Crippen LogP contribution is 2.27. The monoisotopic (exact) mass is 357 g/mol. The molecule has 0 radical (unpaired) electrons. The fourth-order valence-electron chi connectivity index (χ4n) is 3.27. The van der Waals surface area contributed by atoms with Crippen LogP contribution in [0, 0.1) is 6.92 Å². The van der Waals surface area contributed by atoms with E-state index in [4.69, 9.17) is 0 Å².